The number of halogens is 2. The summed E-state index contributed by atoms with van der Waals surface area (Å²) in [6.45, 7) is 6.18. The van der Waals surface area contributed by atoms with E-state index in [2.05, 4.69) is 18.9 Å². The van der Waals surface area contributed by atoms with Crippen molar-refractivity contribution in [2.75, 3.05) is 5.73 Å². The number of aromatic nitrogens is 2. The molecule has 1 heterocycles. The highest BCUT2D eigenvalue weighted by Crippen LogP contribution is 2.36. The molecule has 0 radical (unpaired) electrons. The smallest absolute Gasteiger partial charge is 0.129 e. The second-order valence-electron chi connectivity index (χ2n) is 5.46. The maximum absolute atomic E-state index is 13.4. The Labute approximate surface area is 117 Å². The second kappa shape index (κ2) is 5.23. The van der Waals surface area contributed by atoms with Crippen molar-refractivity contribution in [2.24, 2.45) is 13.0 Å². The topological polar surface area (TPSA) is 43.8 Å². The molecule has 1 aromatic heterocycles. The number of rotatable bonds is 3. The third-order valence-electron chi connectivity index (χ3n) is 3.70. The van der Waals surface area contributed by atoms with Crippen molar-refractivity contribution < 1.29 is 8.78 Å². The van der Waals surface area contributed by atoms with Crippen LogP contribution in [0.1, 0.15) is 32.4 Å². The van der Waals surface area contributed by atoms with Gasteiger partial charge in [-0.2, -0.15) is 5.10 Å². The fourth-order valence-electron chi connectivity index (χ4n) is 2.19. The summed E-state index contributed by atoms with van der Waals surface area (Å²) >= 11 is 0. The standard InChI is InChI=1S/C15H19F2N3/c1-8(2)9(3)14-13(15(18)20(4)19-14)10-5-11(16)7-12(17)6-10/h5-9H,18H2,1-4H3. The summed E-state index contributed by atoms with van der Waals surface area (Å²) in [5.41, 5.74) is 7.84. The monoisotopic (exact) mass is 279 g/mol. The number of benzene rings is 1. The van der Waals surface area contributed by atoms with Crippen LogP contribution in [0.3, 0.4) is 0 Å². The average molecular weight is 279 g/mol. The van der Waals surface area contributed by atoms with E-state index in [1.807, 2.05) is 6.92 Å². The van der Waals surface area contributed by atoms with Crippen LogP contribution in [0.5, 0.6) is 0 Å². The SMILES string of the molecule is CC(C)C(C)c1nn(C)c(N)c1-c1cc(F)cc(F)c1. The van der Waals surface area contributed by atoms with Crippen LogP contribution in [0.15, 0.2) is 18.2 Å². The summed E-state index contributed by atoms with van der Waals surface area (Å²) in [4.78, 5) is 0. The Kier molecular flexibility index (Phi) is 3.79. The molecule has 3 nitrogen and oxygen atoms in total. The molecule has 0 saturated carbocycles. The highest BCUT2D eigenvalue weighted by Gasteiger charge is 2.23. The number of anilines is 1. The van der Waals surface area contributed by atoms with Crippen molar-refractivity contribution in [3.8, 4) is 11.1 Å². The minimum Gasteiger partial charge on any atom is -0.383 e. The molecule has 108 valence electrons. The third-order valence-corrected chi connectivity index (χ3v) is 3.70. The van der Waals surface area contributed by atoms with Crippen LogP contribution >= 0.6 is 0 Å². The van der Waals surface area contributed by atoms with E-state index in [0.29, 0.717) is 22.9 Å². The average Bonchev–Trinajstić information content (AvgIpc) is 2.63. The molecule has 0 aliphatic heterocycles. The highest BCUT2D eigenvalue weighted by atomic mass is 19.1. The minimum absolute atomic E-state index is 0.139. The van der Waals surface area contributed by atoms with Gasteiger partial charge in [0.1, 0.15) is 17.5 Å². The summed E-state index contributed by atoms with van der Waals surface area (Å²) in [6, 6.07) is 3.42. The summed E-state index contributed by atoms with van der Waals surface area (Å²) in [7, 11) is 1.73. The zero-order valence-electron chi connectivity index (χ0n) is 12.1. The largest absolute Gasteiger partial charge is 0.383 e. The number of nitrogens with two attached hydrogens (primary N) is 1. The molecule has 0 spiro atoms. The van der Waals surface area contributed by atoms with Crippen LogP contribution in [-0.4, -0.2) is 9.78 Å². The minimum atomic E-state index is -0.619. The van der Waals surface area contributed by atoms with Crippen molar-refractivity contribution in [1.82, 2.24) is 9.78 Å². The second-order valence-corrected chi connectivity index (χ2v) is 5.46. The molecule has 0 aliphatic carbocycles. The summed E-state index contributed by atoms with van der Waals surface area (Å²) in [5, 5.41) is 4.41. The van der Waals surface area contributed by atoms with Crippen molar-refractivity contribution in [1.29, 1.82) is 0 Å². The Hall–Kier alpha value is -1.91. The van der Waals surface area contributed by atoms with Crippen LogP contribution in [0.25, 0.3) is 11.1 Å². The first-order valence-electron chi connectivity index (χ1n) is 6.60. The van der Waals surface area contributed by atoms with E-state index in [1.165, 1.54) is 12.1 Å². The first-order chi connectivity index (χ1) is 9.31. The van der Waals surface area contributed by atoms with Crippen molar-refractivity contribution >= 4 is 5.82 Å². The third kappa shape index (κ3) is 2.53. The lowest BCUT2D eigenvalue weighted by Crippen LogP contribution is -2.05. The highest BCUT2D eigenvalue weighted by molar-refractivity contribution is 5.77. The van der Waals surface area contributed by atoms with Crippen LogP contribution in [0, 0.1) is 17.6 Å². The van der Waals surface area contributed by atoms with Gasteiger partial charge in [0, 0.05) is 24.6 Å². The molecule has 1 aromatic carbocycles. The fourth-order valence-corrected chi connectivity index (χ4v) is 2.19. The molecule has 1 atom stereocenters. The first kappa shape index (κ1) is 14.5. The van der Waals surface area contributed by atoms with Crippen molar-refractivity contribution in [2.45, 2.75) is 26.7 Å². The molecule has 0 saturated heterocycles. The van der Waals surface area contributed by atoms with Gasteiger partial charge in [-0.15, -0.1) is 0 Å². The molecular formula is C15H19F2N3. The van der Waals surface area contributed by atoms with Gasteiger partial charge in [-0.05, 0) is 23.6 Å². The quantitative estimate of drug-likeness (QED) is 0.930. The van der Waals surface area contributed by atoms with Gasteiger partial charge < -0.3 is 5.73 Å². The van der Waals surface area contributed by atoms with E-state index in [1.54, 1.807) is 11.7 Å². The first-order valence-corrected chi connectivity index (χ1v) is 6.60. The summed E-state index contributed by atoms with van der Waals surface area (Å²) in [6.07, 6.45) is 0. The van der Waals surface area contributed by atoms with E-state index in [4.69, 9.17) is 5.73 Å². The Morgan fingerprint density at radius 1 is 1.10 bits per heavy atom. The van der Waals surface area contributed by atoms with Crippen LogP contribution < -0.4 is 5.73 Å². The van der Waals surface area contributed by atoms with Gasteiger partial charge in [0.2, 0.25) is 0 Å². The van der Waals surface area contributed by atoms with E-state index < -0.39 is 11.6 Å². The maximum atomic E-state index is 13.4. The maximum Gasteiger partial charge on any atom is 0.129 e. The van der Waals surface area contributed by atoms with E-state index in [0.717, 1.165) is 11.8 Å². The zero-order chi connectivity index (χ0) is 15.0. The Morgan fingerprint density at radius 2 is 1.65 bits per heavy atom. The number of nitrogen functional groups attached to an aromatic ring is 1. The summed E-state index contributed by atoms with van der Waals surface area (Å²) < 4.78 is 28.4. The van der Waals surface area contributed by atoms with E-state index >= 15 is 0 Å². The zero-order valence-corrected chi connectivity index (χ0v) is 12.1. The van der Waals surface area contributed by atoms with Gasteiger partial charge in [0.25, 0.3) is 0 Å². The van der Waals surface area contributed by atoms with Gasteiger partial charge in [-0.25, -0.2) is 8.78 Å². The molecule has 0 amide bonds. The molecule has 2 aromatic rings. The molecule has 2 rings (SSSR count). The van der Waals surface area contributed by atoms with Crippen LogP contribution in [0.4, 0.5) is 14.6 Å². The predicted octanol–water partition coefficient (Wildman–Crippen LogP) is 3.71. The number of aryl methyl sites for hydroxylation is 1. The molecule has 20 heavy (non-hydrogen) atoms. The van der Waals surface area contributed by atoms with Crippen LogP contribution in [0.2, 0.25) is 0 Å². The predicted molar refractivity (Wildman–Crippen MR) is 76.2 cm³/mol. The van der Waals surface area contributed by atoms with Gasteiger partial charge in [0.15, 0.2) is 0 Å². The lowest BCUT2D eigenvalue weighted by Gasteiger charge is -2.15. The lowest BCUT2D eigenvalue weighted by atomic mass is 9.90. The van der Waals surface area contributed by atoms with Gasteiger partial charge in [0.05, 0.1) is 5.69 Å². The molecule has 0 bridgehead atoms. The normalized spacial score (nSPS) is 12.9. The van der Waals surface area contributed by atoms with E-state index in [-0.39, 0.29) is 5.92 Å². The Balaban J connectivity index is 2.66. The molecule has 2 N–H and O–H groups in total. The summed E-state index contributed by atoms with van der Waals surface area (Å²) in [5.74, 6) is -0.336. The number of nitrogens with zero attached hydrogens (tertiary/aromatic N) is 2. The van der Waals surface area contributed by atoms with Crippen LogP contribution in [-0.2, 0) is 7.05 Å². The molecule has 0 fully saturated rings. The molecule has 1 unspecified atom stereocenters. The van der Waals surface area contributed by atoms with Crippen molar-refractivity contribution in [3.05, 3.63) is 35.5 Å². The van der Waals surface area contributed by atoms with Gasteiger partial charge in [-0.3, -0.25) is 4.68 Å². The van der Waals surface area contributed by atoms with E-state index in [9.17, 15) is 8.78 Å². The van der Waals surface area contributed by atoms with Crippen molar-refractivity contribution in [3.63, 3.8) is 0 Å². The Morgan fingerprint density at radius 3 is 2.15 bits per heavy atom. The van der Waals surface area contributed by atoms with Gasteiger partial charge >= 0.3 is 0 Å². The Bertz CT molecular complexity index is 612. The number of hydrogen-bond donors (Lipinski definition) is 1. The fraction of sp³-hybridized carbons (Fsp3) is 0.400. The molecular weight excluding hydrogens is 260 g/mol. The molecule has 5 heteroatoms. The lowest BCUT2D eigenvalue weighted by molar-refractivity contribution is 0.517. The number of hydrogen-bond acceptors (Lipinski definition) is 2. The van der Waals surface area contributed by atoms with Gasteiger partial charge in [-0.1, -0.05) is 20.8 Å². The molecule has 0 aliphatic rings.